The molecule has 0 bridgehead atoms. The maximum Gasteiger partial charge on any atom is 0.124 e. The molecule has 1 aliphatic rings. The van der Waals surface area contributed by atoms with Crippen LogP contribution in [0.5, 0.6) is 0 Å². The molecule has 1 fully saturated rings. The Labute approximate surface area is 107 Å². The fraction of sp³-hybridized carbons (Fsp3) is 0.571. The van der Waals surface area contributed by atoms with Gasteiger partial charge in [-0.3, -0.25) is 0 Å². The summed E-state index contributed by atoms with van der Waals surface area (Å²) in [5, 5.41) is 4.09. The van der Waals surface area contributed by atoms with Gasteiger partial charge in [0.2, 0.25) is 0 Å². The molecule has 0 radical (unpaired) electrons. The molecule has 0 aromatic heterocycles. The van der Waals surface area contributed by atoms with Gasteiger partial charge in [0.15, 0.2) is 0 Å². The fourth-order valence-corrected chi connectivity index (χ4v) is 2.36. The van der Waals surface area contributed by atoms with E-state index in [1.807, 2.05) is 0 Å². The minimum Gasteiger partial charge on any atom is -0.314 e. The summed E-state index contributed by atoms with van der Waals surface area (Å²) in [6.45, 7) is 3.21. The Kier molecular flexibility index (Phi) is 4.41. The van der Waals surface area contributed by atoms with Crippen LogP contribution < -0.4 is 5.32 Å². The molecule has 0 amide bonds. The number of benzene rings is 1. The van der Waals surface area contributed by atoms with Gasteiger partial charge in [0, 0.05) is 11.1 Å². The van der Waals surface area contributed by atoms with Gasteiger partial charge in [-0.15, -0.1) is 0 Å². The molecule has 1 atom stereocenters. The summed E-state index contributed by atoms with van der Waals surface area (Å²) in [4.78, 5) is 0. The number of rotatable bonds is 5. The normalized spacial score (nSPS) is 17.8. The number of hydrogen-bond acceptors (Lipinski definition) is 1. The van der Waals surface area contributed by atoms with E-state index in [1.165, 1.54) is 31.4 Å². The van der Waals surface area contributed by atoms with Crippen LogP contribution in [0, 0.1) is 11.7 Å². The summed E-state index contributed by atoms with van der Waals surface area (Å²) < 4.78 is 12.9. The van der Waals surface area contributed by atoms with Gasteiger partial charge in [0.1, 0.15) is 5.82 Å². The van der Waals surface area contributed by atoms with E-state index in [2.05, 4.69) is 12.2 Å². The summed E-state index contributed by atoms with van der Waals surface area (Å²) in [5.41, 5.74) is 1.04. The minimum atomic E-state index is -0.265. The van der Waals surface area contributed by atoms with Crippen LogP contribution in [0.2, 0.25) is 5.02 Å². The third kappa shape index (κ3) is 3.68. The molecule has 0 spiro atoms. The first kappa shape index (κ1) is 12.8. The second-order valence-electron chi connectivity index (χ2n) is 5.08. The highest BCUT2D eigenvalue weighted by Gasteiger charge is 2.17. The molecular formula is C14H19ClFN. The van der Waals surface area contributed by atoms with Crippen LogP contribution >= 0.6 is 11.6 Å². The van der Waals surface area contributed by atoms with Gasteiger partial charge in [-0.1, -0.05) is 31.0 Å². The van der Waals surface area contributed by atoms with Gasteiger partial charge in [-0.25, -0.2) is 4.39 Å². The fourth-order valence-electron chi connectivity index (χ4n) is 2.12. The molecule has 1 aliphatic carbocycles. The Morgan fingerprint density at radius 3 is 2.82 bits per heavy atom. The second kappa shape index (κ2) is 5.83. The van der Waals surface area contributed by atoms with Gasteiger partial charge in [-0.05, 0) is 49.4 Å². The van der Waals surface area contributed by atoms with Crippen molar-refractivity contribution in [2.24, 2.45) is 5.92 Å². The van der Waals surface area contributed by atoms with Crippen molar-refractivity contribution in [1.29, 1.82) is 0 Å². The van der Waals surface area contributed by atoms with E-state index < -0.39 is 0 Å². The molecule has 0 heterocycles. The predicted molar refractivity (Wildman–Crippen MR) is 69.9 cm³/mol. The van der Waals surface area contributed by atoms with Crippen LogP contribution in [0.15, 0.2) is 18.2 Å². The summed E-state index contributed by atoms with van der Waals surface area (Å²) in [5.74, 6) is 0.262. The lowest BCUT2D eigenvalue weighted by molar-refractivity contribution is 0.320. The van der Waals surface area contributed by atoms with Crippen LogP contribution in [0.4, 0.5) is 4.39 Å². The Balaban J connectivity index is 1.81. The van der Waals surface area contributed by atoms with Crippen LogP contribution in [-0.4, -0.2) is 12.6 Å². The van der Waals surface area contributed by atoms with Gasteiger partial charge in [0.05, 0.1) is 0 Å². The summed E-state index contributed by atoms with van der Waals surface area (Å²) in [7, 11) is 0. The maximum atomic E-state index is 12.9. The molecule has 1 aromatic carbocycles. The van der Waals surface area contributed by atoms with Crippen LogP contribution in [-0.2, 0) is 6.42 Å². The molecule has 0 aliphatic heterocycles. The van der Waals surface area contributed by atoms with Crippen molar-refractivity contribution in [2.45, 2.75) is 38.6 Å². The van der Waals surface area contributed by atoms with Crippen molar-refractivity contribution in [3.63, 3.8) is 0 Å². The van der Waals surface area contributed by atoms with E-state index >= 15 is 0 Å². The topological polar surface area (TPSA) is 12.0 Å². The van der Waals surface area contributed by atoms with E-state index in [0.717, 1.165) is 24.6 Å². The largest absolute Gasteiger partial charge is 0.314 e. The van der Waals surface area contributed by atoms with Crippen LogP contribution in [0.1, 0.15) is 31.7 Å². The molecule has 3 heteroatoms. The average Bonchev–Trinajstić information content (AvgIpc) is 2.20. The van der Waals surface area contributed by atoms with Crippen molar-refractivity contribution in [3.05, 3.63) is 34.6 Å². The zero-order valence-corrected chi connectivity index (χ0v) is 10.9. The highest BCUT2D eigenvalue weighted by molar-refractivity contribution is 6.31. The van der Waals surface area contributed by atoms with Crippen molar-refractivity contribution >= 4 is 11.6 Å². The van der Waals surface area contributed by atoms with E-state index in [0.29, 0.717) is 10.9 Å². The third-order valence-electron chi connectivity index (χ3n) is 3.44. The standard InChI is InChI=1S/C14H19ClFN/c1-10(9-17-13-3-2-4-13)7-11-5-6-12(16)8-14(11)15/h5-6,8,10,13,17H,2-4,7,9H2,1H3. The van der Waals surface area contributed by atoms with E-state index in [4.69, 9.17) is 11.6 Å². The molecule has 2 rings (SSSR count). The van der Waals surface area contributed by atoms with Gasteiger partial charge in [0.25, 0.3) is 0 Å². The molecule has 17 heavy (non-hydrogen) atoms. The highest BCUT2D eigenvalue weighted by Crippen LogP contribution is 2.21. The van der Waals surface area contributed by atoms with E-state index in [-0.39, 0.29) is 5.82 Å². The summed E-state index contributed by atoms with van der Waals surface area (Å²) in [6, 6.07) is 5.38. The van der Waals surface area contributed by atoms with Crippen LogP contribution in [0.3, 0.4) is 0 Å². The summed E-state index contributed by atoms with van der Waals surface area (Å²) in [6.07, 6.45) is 4.88. The minimum absolute atomic E-state index is 0.265. The van der Waals surface area contributed by atoms with Crippen molar-refractivity contribution < 1.29 is 4.39 Å². The van der Waals surface area contributed by atoms with Crippen LogP contribution in [0.25, 0.3) is 0 Å². The molecule has 1 unspecified atom stereocenters. The molecule has 94 valence electrons. The first-order valence-electron chi connectivity index (χ1n) is 6.32. The van der Waals surface area contributed by atoms with Crippen molar-refractivity contribution in [3.8, 4) is 0 Å². The first-order valence-corrected chi connectivity index (χ1v) is 6.70. The SMILES string of the molecule is CC(CNC1CCC1)Cc1ccc(F)cc1Cl. The lowest BCUT2D eigenvalue weighted by atomic mass is 9.92. The molecule has 1 N–H and O–H groups in total. The number of halogens is 2. The van der Waals surface area contributed by atoms with E-state index in [1.54, 1.807) is 6.07 Å². The van der Waals surface area contributed by atoms with Gasteiger partial charge >= 0.3 is 0 Å². The van der Waals surface area contributed by atoms with Gasteiger partial charge in [-0.2, -0.15) is 0 Å². The molecule has 1 nitrogen and oxygen atoms in total. The Morgan fingerprint density at radius 2 is 2.24 bits per heavy atom. The molecule has 1 saturated carbocycles. The van der Waals surface area contributed by atoms with Crippen molar-refractivity contribution in [1.82, 2.24) is 5.32 Å². The third-order valence-corrected chi connectivity index (χ3v) is 3.80. The molecule has 1 aromatic rings. The monoisotopic (exact) mass is 255 g/mol. The Bertz CT molecular complexity index is 376. The quantitative estimate of drug-likeness (QED) is 0.844. The molecular weight excluding hydrogens is 237 g/mol. The maximum absolute atomic E-state index is 12.9. The number of nitrogens with one attached hydrogen (secondary N) is 1. The lowest BCUT2D eigenvalue weighted by Gasteiger charge is -2.28. The summed E-state index contributed by atoms with van der Waals surface area (Å²) >= 11 is 6.01. The lowest BCUT2D eigenvalue weighted by Crippen LogP contribution is -2.38. The van der Waals surface area contributed by atoms with Crippen molar-refractivity contribution in [2.75, 3.05) is 6.54 Å². The highest BCUT2D eigenvalue weighted by atomic mass is 35.5. The zero-order valence-electron chi connectivity index (χ0n) is 10.2. The molecule has 0 saturated heterocycles. The van der Waals surface area contributed by atoms with E-state index in [9.17, 15) is 4.39 Å². The average molecular weight is 256 g/mol. The number of hydrogen-bond donors (Lipinski definition) is 1. The predicted octanol–water partition coefficient (Wildman–Crippen LogP) is 3.80. The Hall–Kier alpha value is -0.600. The first-order chi connectivity index (χ1) is 8.15. The smallest absolute Gasteiger partial charge is 0.124 e. The van der Waals surface area contributed by atoms with Gasteiger partial charge < -0.3 is 5.32 Å². The zero-order chi connectivity index (χ0) is 12.3. The second-order valence-corrected chi connectivity index (χ2v) is 5.49. The Morgan fingerprint density at radius 1 is 1.47 bits per heavy atom.